The number of likely N-dealkylation sites (N-methyl/N-ethyl adjacent to an activating group) is 1. The third-order valence-electron chi connectivity index (χ3n) is 4.03. The van der Waals surface area contributed by atoms with Crippen LogP contribution in [-0.4, -0.2) is 36.9 Å². The molecule has 0 saturated carbocycles. The summed E-state index contributed by atoms with van der Waals surface area (Å²) in [6.07, 6.45) is 0. The largest absolute Gasteiger partial charge is 0.347 e. The number of halogens is 2. The van der Waals surface area contributed by atoms with Gasteiger partial charge in [0.15, 0.2) is 0 Å². The second-order valence-electron chi connectivity index (χ2n) is 6.63. The van der Waals surface area contributed by atoms with Gasteiger partial charge < -0.3 is 10.2 Å². The first-order valence-electron chi connectivity index (χ1n) is 8.28. The number of hydrogen-bond donors (Lipinski definition) is 1. The summed E-state index contributed by atoms with van der Waals surface area (Å²) in [6.45, 7) is 3.75. The molecule has 0 radical (unpaired) electrons. The van der Waals surface area contributed by atoms with Gasteiger partial charge in [0.2, 0.25) is 5.91 Å². The molecular formula is C20H22ClFN2O2. The summed E-state index contributed by atoms with van der Waals surface area (Å²) in [5.41, 5.74) is 1.73. The van der Waals surface area contributed by atoms with Crippen LogP contribution in [0.25, 0.3) is 11.1 Å². The van der Waals surface area contributed by atoms with Crippen molar-refractivity contribution in [1.82, 2.24) is 10.2 Å². The minimum absolute atomic E-state index is 0.0522. The molecule has 26 heavy (non-hydrogen) atoms. The molecule has 0 aromatic heterocycles. The summed E-state index contributed by atoms with van der Waals surface area (Å²) in [4.78, 5) is 26.4. The van der Waals surface area contributed by atoms with E-state index in [1.165, 1.54) is 17.0 Å². The van der Waals surface area contributed by atoms with Crippen LogP contribution in [-0.2, 0) is 4.79 Å². The molecule has 0 bridgehead atoms. The van der Waals surface area contributed by atoms with E-state index in [0.29, 0.717) is 16.7 Å². The summed E-state index contributed by atoms with van der Waals surface area (Å²) in [5, 5.41) is 3.06. The molecule has 0 spiro atoms. The maximum Gasteiger partial charge on any atom is 0.251 e. The fourth-order valence-electron chi connectivity index (χ4n) is 2.57. The molecule has 138 valence electrons. The Kier molecular flexibility index (Phi) is 6.37. The number of carbonyl (C=O) groups is 2. The number of hydrogen-bond acceptors (Lipinski definition) is 2. The maximum atomic E-state index is 13.2. The quantitative estimate of drug-likeness (QED) is 0.857. The SMILES string of the molecule is CC(C)[C@H](NC(=O)c1cccc(-c2ccc(F)cc2Cl)c1)C(=O)N(C)C. The van der Waals surface area contributed by atoms with E-state index in [1.807, 2.05) is 13.8 Å². The predicted molar refractivity (Wildman–Crippen MR) is 102 cm³/mol. The summed E-state index contributed by atoms with van der Waals surface area (Å²) in [7, 11) is 3.31. The fraction of sp³-hybridized carbons (Fsp3) is 0.300. The highest BCUT2D eigenvalue weighted by Gasteiger charge is 2.26. The number of benzene rings is 2. The van der Waals surface area contributed by atoms with Crippen molar-refractivity contribution in [1.29, 1.82) is 0 Å². The van der Waals surface area contributed by atoms with E-state index in [2.05, 4.69) is 5.32 Å². The molecule has 0 heterocycles. The van der Waals surface area contributed by atoms with Gasteiger partial charge in [-0.3, -0.25) is 9.59 Å². The number of rotatable bonds is 5. The second kappa shape index (κ2) is 8.32. The van der Waals surface area contributed by atoms with Crippen LogP contribution in [0, 0.1) is 11.7 Å². The van der Waals surface area contributed by atoms with Crippen LogP contribution in [0.5, 0.6) is 0 Å². The molecule has 0 fully saturated rings. The number of carbonyl (C=O) groups excluding carboxylic acids is 2. The van der Waals surface area contributed by atoms with E-state index in [-0.39, 0.29) is 22.8 Å². The van der Waals surface area contributed by atoms with E-state index < -0.39 is 11.9 Å². The molecule has 4 nitrogen and oxygen atoms in total. The monoisotopic (exact) mass is 376 g/mol. The smallest absolute Gasteiger partial charge is 0.251 e. The molecule has 2 aromatic carbocycles. The molecule has 2 rings (SSSR count). The highest BCUT2D eigenvalue weighted by molar-refractivity contribution is 6.33. The molecule has 2 aromatic rings. The van der Waals surface area contributed by atoms with Gasteiger partial charge in [-0.2, -0.15) is 0 Å². The first-order valence-corrected chi connectivity index (χ1v) is 8.66. The van der Waals surface area contributed by atoms with Crippen LogP contribution in [0.4, 0.5) is 4.39 Å². The first-order chi connectivity index (χ1) is 12.2. The molecule has 1 atom stereocenters. The molecular weight excluding hydrogens is 355 g/mol. The van der Waals surface area contributed by atoms with Crippen molar-refractivity contribution in [3.8, 4) is 11.1 Å². The third-order valence-corrected chi connectivity index (χ3v) is 4.34. The Bertz CT molecular complexity index is 821. The lowest BCUT2D eigenvalue weighted by molar-refractivity contribution is -0.131. The summed E-state index contributed by atoms with van der Waals surface area (Å²) < 4.78 is 13.2. The predicted octanol–water partition coefficient (Wildman–Crippen LogP) is 3.99. The van der Waals surface area contributed by atoms with Crippen LogP contribution in [0.15, 0.2) is 42.5 Å². The average Bonchev–Trinajstić information content (AvgIpc) is 2.58. The lowest BCUT2D eigenvalue weighted by Gasteiger charge is -2.24. The van der Waals surface area contributed by atoms with Gasteiger partial charge >= 0.3 is 0 Å². The van der Waals surface area contributed by atoms with Crippen molar-refractivity contribution in [2.45, 2.75) is 19.9 Å². The normalized spacial score (nSPS) is 12.0. The Labute approximate surface area is 158 Å². The maximum absolute atomic E-state index is 13.2. The Morgan fingerprint density at radius 2 is 1.81 bits per heavy atom. The van der Waals surface area contributed by atoms with E-state index in [1.54, 1.807) is 44.4 Å². The zero-order chi connectivity index (χ0) is 19.4. The molecule has 0 unspecified atom stereocenters. The minimum Gasteiger partial charge on any atom is -0.347 e. The van der Waals surface area contributed by atoms with Gasteiger partial charge in [0, 0.05) is 25.2 Å². The summed E-state index contributed by atoms with van der Waals surface area (Å²) in [5.74, 6) is -0.983. The van der Waals surface area contributed by atoms with Crippen LogP contribution in [0.2, 0.25) is 5.02 Å². The van der Waals surface area contributed by atoms with Crippen LogP contribution < -0.4 is 5.32 Å². The van der Waals surface area contributed by atoms with E-state index in [4.69, 9.17) is 11.6 Å². The Hall–Kier alpha value is -2.40. The molecule has 0 aliphatic rings. The van der Waals surface area contributed by atoms with Gasteiger partial charge in [-0.25, -0.2) is 4.39 Å². The first kappa shape index (κ1) is 19.9. The molecule has 1 N–H and O–H groups in total. The highest BCUT2D eigenvalue weighted by Crippen LogP contribution is 2.29. The molecule has 6 heteroatoms. The fourth-order valence-corrected chi connectivity index (χ4v) is 2.84. The van der Waals surface area contributed by atoms with Crippen molar-refractivity contribution in [3.63, 3.8) is 0 Å². The van der Waals surface area contributed by atoms with Crippen LogP contribution >= 0.6 is 11.6 Å². The van der Waals surface area contributed by atoms with E-state index in [9.17, 15) is 14.0 Å². The van der Waals surface area contributed by atoms with Gasteiger partial charge in [0.05, 0.1) is 5.02 Å². The minimum atomic E-state index is -0.615. The van der Waals surface area contributed by atoms with E-state index in [0.717, 1.165) is 0 Å². The summed E-state index contributed by atoms with van der Waals surface area (Å²) in [6, 6.07) is 10.4. The van der Waals surface area contributed by atoms with Gasteiger partial charge in [-0.05, 0) is 41.8 Å². The van der Waals surface area contributed by atoms with Crippen molar-refractivity contribution in [3.05, 3.63) is 58.9 Å². The highest BCUT2D eigenvalue weighted by atomic mass is 35.5. The lowest BCUT2D eigenvalue weighted by Crippen LogP contribution is -2.49. The Morgan fingerprint density at radius 1 is 1.12 bits per heavy atom. The summed E-state index contributed by atoms with van der Waals surface area (Å²) >= 11 is 6.11. The number of nitrogens with one attached hydrogen (secondary N) is 1. The van der Waals surface area contributed by atoms with Gasteiger partial charge in [0.25, 0.3) is 5.91 Å². The Morgan fingerprint density at radius 3 is 2.38 bits per heavy atom. The third kappa shape index (κ3) is 4.61. The molecule has 0 aliphatic heterocycles. The van der Waals surface area contributed by atoms with E-state index >= 15 is 0 Å². The topological polar surface area (TPSA) is 49.4 Å². The van der Waals surface area contributed by atoms with Crippen molar-refractivity contribution >= 4 is 23.4 Å². The van der Waals surface area contributed by atoms with Crippen LogP contribution in [0.3, 0.4) is 0 Å². The Balaban J connectivity index is 2.28. The number of amides is 2. The van der Waals surface area contributed by atoms with Crippen molar-refractivity contribution < 1.29 is 14.0 Å². The van der Waals surface area contributed by atoms with Crippen molar-refractivity contribution in [2.75, 3.05) is 14.1 Å². The van der Waals surface area contributed by atoms with Crippen LogP contribution in [0.1, 0.15) is 24.2 Å². The average molecular weight is 377 g/mol. The second-order valence-corrected chi connectivity index (χ2v) is 7.04. The van der Waals surface area contributed by atoms with Gasteiger partial charge in [0.1, 0.15) is 11.9 Å². The zero-order valence-electron chi connectivity index (χ0n) is 15.2. The van der Waals surface area contributed by atoms with Gasteiger partial charge in [-0.15, -0.1) is 0 Å². The number of nitrogens with zero attached hydrogens (tertiary/aromatic N) is 1. The molecule has 2 amide bonds. The standard InChI is InChI=1S/C20H22ClFN2O2/c1-12(2)18(20(26)24(3)4)23-19(25)14-7-5-6-13(10-14)16-9-8-15(22)11-17(16)21/h5-12,18H,1-4H3,(H,23,25)/t18-/m0/s1. The van der Waals surface area contributed by atoms with Crippen molar-refractivity contribution in [2.24, 2.45) is 5.92 Å². The molecule has 0 aliphatic carbocycles. The lowest BCUT2D eigenvalue weighted by atomic mass is 10.0. The zero-order valence-corrected chi connectivity index (χ0v) is 16.0. The molecule has 0 saturated heterocycles. The van der Waals surface area contributed by atoms with Gasteiger partial charge in [-0.1, -0.05) is 37.6 Å².